The third-order valence-electron chi connectivity index (χ3n) is 1.45. The van der Waals surface area contributed by atoms with E-state index in [1.54, 1.807) is 18.2 Å². The number of hydrogen-bond donors (Lipinski definition) is 2. The van der Waals surface area contributed by atoms with Crippen molar-refractivity contribution >= 4 is 33.3 Å². The van der Waals surface area contributed by atoms with Crippen molar-refractivity contribution in [1.82, 2.24) is 5.32 Å². The maximum Gasteiger partial charge on any atom is 0.207 e. The predicted octanol–water partition coefficient (Wildman–Crippen LogP) is 1.37. The Morgan fingerprint density at radius 2 is 2.33 bits per heavy atom. The summed E-state index contributed by atoms with van der Waals surface area (Å²) in [6.07, 6.45) is 6.39. The molecule has 5 heteroatoms. The van der Waals surface area contributed by atoms with Crippen molar-refractivity contribution in [2.75, 3.05) is 0 Å². The van der Waals surface area contributed by atoms with Gasteiger partial charge in [0, 0.05) is 0 Å². The molecule has 66 valence electrons. The topological polar surface area (TPSA) is 38.0 Å². The van der Waals surface area contributed by atoms with Crippen LogP contribution in [0.3, 0.4) is 0 Å². The molecular formula is C7H8BrFN2S. The minimum Gasteiger partial charge on any atom is -0.376 e. The van der Waals surface area contributed by atoms with Crippen molar-refractivity contribution in [3.8, 4) is 0 Å². The van der Waals surface area contributed by atoms with Crippen LogP contribution in [0, 0.1) is 0 Å². The molecule has 0 radical (unpaired) electrons. The third-order valence-corrected chi connectivity index (χ3v) is 2.32. The normalized spacial score (nSPS) is 33.3. The third kappa shape index (κ3) is 2.28. The molecule has 0 amide bonds. The van der Waals surface area contributed by atoms with Crippen LogP contribution in [-0.4, -0.2) is 15.7 Å². The maximum absolute atomic E-state index is 13.5. The number of alkyl halides is 2. The zero-order valence-corrected chi connectivity index (χ0v) is 8.53. The van der Waals surface area contributed by atoms with E-state index in [2.05, 4.69) is 33.5 Å². The van der Waals surface area contributed by atoms with E-state index in [0.717, 1.165) is 0 Å². The van der Waals surface area contributed by atoms with Gasteiger partial charge in [-0.15, -0.1) is 0 Å². The van der Waals surface area contributed by atoms with Crippen LogP contribution in [0.15, 0.2) is 24.3 Å². The molecule has 2 atom stereocenters. The van der Waals surface area contributed by atoms with Crippen molar-refractivity contribution in [3.05, 3.63) is 24.3 Å². The average Bonchev–Trinajstić information content (AvgIpc) is 1.92. The number of halogens is 2. The lowest BCUT2D eigenvalue weighted by molar-refractivity contribution is 0.321. The van der Waals surface area contributed by atoms with E-state index in [4.69, 9.17) is 5.73 Å². The number of rotatable bonds is 1. The molecule has 0 spiro atoms. The number of allylic oxidation sites excluding steroid dienone is 2. The van der Waals surface area contributed by atoms with Gasteiger partial charge in [0.05, 0.1) is 6.04 Å². The van der Waals surface area contributed by atoms with Crippen LogP contribution in [0.5, 0.6) is 0 Å². The molecule has 1 rings (SSSR count). The molecule has 12 heavy (non-hydrogen) atoms. The minimum absolute atomic E-state index is 0.0847. The van der Waals surface area contributed by atoms with E-state index in [1.165, 1.54) is 6.08 Å². The Labute approximate surface area is 83.8 Å². The van der Waals surface area contributed by atoms with E-state index in [1.807, 2.05) is 0 Å². The van der Waals surface area contributed by atoms with Crippen LogP contribution in [-0.2, 0) is 0 Å². The van der Waals surface area contributed by atoms with Gasteiger partial charge in [0.1, 0.15) is 0 Å². The zero-order chi connectivity index (χ0) is 9.19. The SMILES string of the molecule is NC(=S)NC1C=CC=CC1(F)Br. The van der Waals surface area contributed by atoms with Crippen LogP contribution < -0.4 is 11.1 Å². The van der Waals surface area contributed by atoms with Crippen LogP contribution in [0.2, 0.25) is 0 Å². The predicted molar refractivity (Wildman–Crippen MR) is 54.8 cm³/mol. The maximum atomic E-state index is 13.5. The molecule has 0 aliphatic heterocycles. The molecule has 1 aliphatic rings. The summed E-state index contributed by atoms with van der Waals surface area (Å²) in [6.45, 7) is 0. The van der Waals surface area contributed by atoms with Gasteiger partial charge in [0.2, 0.25) is 4.58 Å². The second-order valence-corrected chi connectivity index (χ2v) is 4.06. The van der Waals surface area contributed by atoms with Crippen LogP contribution in [0.25, 0.3) is 0 Å². The summed E-state index contributed by atoms with van der Waals surface area (Å²) in [5, 5.41) is 2.71. The molecule has 0 saturated heterocycles. The molecule has 0 bridgehead atoms. The van der Waals surface area contributed by atoms with Gasteiger partial charge in [-0.3, -0.25) is 0 Å². The van der Waals surface area contributed by atoms with Gasteiger partial charge in [0.15, 0.2) is 5.11 Å². The molecule has 0 aromatic heterocycles. The van der Waals surface area contributed by atoms with E-state index in [0.29, 0.717) is 0 Å². The smallest absolute Gasteiger partial charge is 0.207 e. The Morgan fingerprint density at radius 1 is 1.67 bits per heavy atom. The van der Waals surface area contributed by atoms with Crippen molar-refractivity contribution in [2.45, 2.75) is 10.6 Å². The molecule has 0 aromatic carbocycles. The highest BCUT2D eigenvalue weighted by molar-refractivity contribution is 9.10. The summed E-state index contributed by atoms with van der Waals surface area (Å²) in [4.78, 5) is 0. The van der Waals surface area contributed by atoms with Gasteiger partial charge in [-0.25, -0.2) is 4.39 Å². The van der Waals surface area contributed by atoms with Gasteiger partial charge in [-0.2, -0.15) is 0 Å². The Morgan fingerprint density at radius 3 is 2.83 bits per heavy atom. The molecule has 0 fully saturated rings. The summed E-state index contributed by atoms with van der Waals surface area (Å²) in [6, 6.07) is -0.542. The molecule has 2 unspecified atom stereocenters. The Hall–Kier alpha value is -0.420. The highest BCUT2D eigenvalue weighted by Crippen LogP contribution is 2.29. The number of nitrogens with two attached hydrogens (primary N) is 1. The van der Waals surface area contributed by atoms with Crippen LogP contribution in [0.4, 0.5) is 4.39 Å². The van der Waals surface area contributed by atoms with Crippen molar-refractivity contribution in [3.63, 3.8) is 0 Å². The molecule has 0 saturated carbocycles. The van der Waals surface area contributed by atoms with Crippen molar-refractivity contribution in [2.24, 2.45) is 5.73 Å². The van der Waals surface area contributed by atoms with E-state index >= 15 is 0 Å². The fraction of sp³-hybridized carbons (Fsp3) is 0.286. The van der Waals surface area contributed by atoms with Gasteiger partial charge in [-0.1, -0.05) is 18.2 Å². The molecule has 3 N–H and O–H groups in total. The Kier molecular flexibility index (Phi) is 2.85. The molecule has 0 aromatic rings. The quantitative estimate of drug-likeness (QED) is 0.546. The van der Waals surface area contributed by atoms with E-state index in [9.17, 15) is 4.39 Å². The fourth-order valence-electron chi connectivity index (χ4n) is 0.889. The van der Waals surface area contributed by atoms with Crippen LogP contribution >= 0.6 is 28.1 Å². The molecule has 1 aliphatic carbocycles. The zero-order valence-electron chi connectivity index (χ0n) is 6.13. The van der Waals surface area contributed by atoms with Gasteiger partial charge in [-0.05, 0) is 34.2 Å². The Bertz CT molecular complexity index is 250. The van der Waals surface area contributed by atoms with E-state index < -0.39 is 10.6 Å². The summed E-state index contributed by atoms with van der Waals surface area (Å²) < 4.78 is 11.9. The first-order chi connectivity index (χ1) is 5.52. The van der Waals surface area contributed by atoms with E-state index in [-0.39, 0.29) is 5.11 Å². The highest BCUT2D eigenvalue weighted by Gasteiger charge is 2.33. The summed E-state index contributed by atoms with van der Waals surface area (Å²) >= 11 is 7.51. The van der Waals surface area contributed by atoms with Gasteiger partial charge >= 0.3 is 0 Å². The second kappa shape index (κ2) is 3.53. The largest absolute Gasteiger partial charge is 0.376 e. The number of thiocarbonyl (C=S) groups is 1. The second-order valence-electron chi connectivity index (χ2n) is 2.40. The average molecular weight is 251 g/mol. The fourth-order valence-corrected chi connectivity index (χ4v) is 1.44. The highest BCUT2D eigenvalue weighted by atomic mass is 79.9. The molecular weight excluding hydrogens is 243 g/mol. The van der Waals surface area contributed by atoms with Gasteiger partial charge in [0.25, 0.3) is 0 Å². The molecule has 2 nitrogen and oxygen atoms in total. The van der Waals surface area contributed by atoms with Crippen molar-refractivity contribution < 1.29 is 4.39 Å². The van der Waals surface area contributed by atoms with Gasteiger partial charge < -0.3 is 11.1 Å². The molecule has 0 heterocycles. The Balaban J connectivity index is 2.70. The van der Waals surface area contributed by atoms with Crippen molar-refractivity contribution in [1.29, 1.82) is 0 Å². The summed E-state index contributed by atoms with van der Waals surface area (Å²) in [5.41, 5.74) is 5.22. The first kappa shape index (κ1) is 9.67. The first-order valence-electron chi connectivity index (χ1n) is 3.32. The summed E-state index contributed by atoms with van der Waals surface area (Å²) in [7, 11) is 0. The lowest BCUT2D eigenvalue weighted by atomic mass is 10.1. The minimum atomic E-state index is -1.61. The lowest BCUT2D eigenvalue weighted by Crippen LogP contribution is -2.47. The number of hydrogen-bond acceptors (Lipinski definition) is 1. The monoisotopic (exact) mass is 250 g/mol. The number of nitrogens with one attached hydrogen (secondary N) is 1. The van der Waals surface area contributed by atoms with Crippen LogP contribution in [0.1, 0.15) is 0 Å². The first-order valence-corrected chi connectivity index (χ1v) is 4.52. The summed E-state index contributed by atoms with van der Waals surface area (Å²) in [5.74, 6) is 0. The lowest BCUT2D eigenvalue weighted by Gasteiger charge is -2.26. The standard InChI is InChI=1S/C7H8BrFN2S/c8-7(9)4-2-1-3-5(7)11-6(10)12/h1-5H,(H3,10,11,12).